The highest BCUT2D eigenvalue weighted by Crippen LogP contribution is 2.51. The van der Waals surface area contributed by atoms with E-state index in [0.29, 0.717) is 0 Å². The van der Waals surface area contributed by atoms with Gasteiger partial charge >= 0.3 is 0 Å². The molecule has 0 amide bonds. The maximum Gasteiger partial charge on any atom is -0.0207 e. The average Bonchev–Trinajstić information content (AvgIpc) is 2.85. The summed E-state index contributed by atoms with van der Waals surface area (Å²) in [5, 5.41) is 0. The Morgan fingerprint density at radius 3 is 2.45 bits per heavy atom. The third-order valence-corrected chi connectivity index (χ3v) is 3.47. The first kappa shape index (κ1) is 7.64. The van der Waals surface area contributed by atoms with Gasteiger partial charge in [0.1, 0.15) is 0 Å². The second kappa shape index (κ2) is 3.16. The van der Waals surface area contributed by atoms with Crippen LogP contribution in [0.5, 0.6) is 0 Å². The highest BCUT2D eigenvalue weighted by Gasteiger charge is 2.41. The van der Waals surface area contributed by atoms with Crippen molar-refractivity contribution >= 4 is 0 Å². The van der Waals surface area contributed by atoms with Crippen LogP contribution in [0.2, 0.25) is 0 Å². The molecule has 0 bridgehead atoms. The summed E-state index contributed by atoms with van der Waals surface area (Å²) >= 11 is 0. The minimum atomic E-state index is 1.08. The van der Waals surface area contributed by atoms with Crippen LogP contribution in [0.25, 0.3) is 0 Å². The molecule has 2 rings (SSSR count). The van der Waals surface area contributed by atoms with Gasteiger partial charge in [0, 0.05) is 0 Å². The van der Waals surface area contributed by atoms with E-state index in [-0.39, 0.29) is 0 Å². The van der Waals surface area contributed by atoms with Gasteiger partial charge in [-0.05, 0) is 37.0 Å². The van der Waals surface area contributed by atoms with Crippen LogP contribution < -0.4 is 0 Å². The van der Waals surface area contributed by atoms with E-state index in [1.54, 1.807) is 0 Å². The highest BCUT2D eigenvalue weighted by atomic mass is 14.5. The molecule has 2 atom stereocenters. The van der Waals surface area contributed by atoms with Gasteiger partial charge in [-0.15, -0.1) is 0 Å². The Kier molecular flexibility index (Phi) is 2.20. The molecule has 2 aliphatic carbocycles. The molecule has 0 aliphatic heterocycles. The topological polar surface area (TPSA) is 0 Å². The van der Waals surface area contributed by atoms with Gasteiger partial charge in [-0.2, -0.15) is 0 Å². The maximum atomic E-state index is 2.34. The van der Waals surface area contributed by atoms with Crippen LogP contribution in [0.4, 0.5) is 0 Å². The molecule has 1 radical (unpaired) electrons. The summed E-state index contributed by atoms with van der Waals surface area (Å²) in [5.74, 6) is 4.12. The maximum absolute atomic E-state index is 2.34. The largest absolute Gasteiger partial charge is 0.0651 e. The van der Waals surface area contributed by atoms with Gasteiger partial charge in [-0.1, -0.05) is 32.6 Å². The lowest BCUT2D eigenvalue weighted by Gasteiger charge is -2.20. The summed E-state index contributed by atoms with van der Waals surface area (Å²) in [6.45, 7) is 2.34. The Bertz CT molecular complexity index is 122. The number of rotatable bonds is 2. The first-order chi connectivity index (χ1) is 5.42. The molecule has 0 heterocycles. The van der Waals surface area contributed by atoms with Crippen molar-refractivity contribution in [3.8, 4) is 0 Å². The van der Waals surface area contributed by atoms with Crippen LogP contribution in [-0.4, -0.2) is 0 Å². The molecule has 0 heteroatoms. The van der Waals surface area contributed by atoms with E-state index < -0.39 is 0 Å². The minimum absolute atomic E-state index is 1.08. The first-order valence-corrected chi connectivity index (χ1v) is 5.26. The molecule has 2 aliphatic rings. The van der Waals surface area contributed by atoms with Gasteiger partial charge in [0.25, 0.3) is 0 Å². The smallest absolute Gasteiger partial charge is 0.0207 e. The Labute approximate surface area is 70.4 Å². The lowest BCUT2D eigenvalue weighted by Crippen LogP contribution is -2.06. The molecule has 0 spiro atoms. The van der Waals surface area contributed by atoms with Crippen molar-refractivity contribution in [1.82, 2.24) is 0 Å². The fourth-order valence-corrected chi connectivity index (χ4v) is 2.58. The highest BCUT2D eigenvalue weighted by molar-refractivity contribution is 5.08. The van der Waals surface area contributed by atoms with Crippen molar-refractivity contribution in [2.75, 3.05) is 0 Å². The van der Waals surface area contributed by atoms with Gasteiger partial charge in [-0.25, -0.2) is 0 Å². The van der Waals surface area contributed by atoms with Crippen molar-refractivity contribution in [3.05, 3.63) is 5.92 Å². The van der Waals surface area contributed by atoms with Crippen LogP contribution in [0, 0.1) is 17.8 Å². The zero-order valence-corrected chi connectivity index (χ0v) is 7.60. The fraction of sp³-hybridized carbons (Fsp3) is 0.909. The monoisotopic (exact) mass is 151 g/mol. The molecule has 0 aromatic carbocycles. The van der Waals surface area contributed by atoms with Crippen molar-refractivity contribution in [2.45, 2.75) is 51.9 Å². The van der Waals surface area contributed by atoms with E-state index in [1.807, 2.05) is 5.92 Å². The zero-order valence-electron chi connectivity index (χ0n) is 7.60. The van der Waals surface area contributed by atoms with Crippen molar-refractivity contribution in [2.24, 2.45) is 11.8 Å². The second-order valence-electron chi connectivity index (χ2n) is 4.23. The molecule has 0 aromatic heterocycles. The number of hydrogen-bond acceptors (Lipinski definition) is 0. The summed E-state index contributed by atoms with van der Waals surface area (Å²) < 4.78 is 0. The molecule has 63 valence electrons. The van der Waals surface area contributed by atoms with Crippen molar-refractivity contribution < 1.29 is 0 Å². The second-order valence-corrected chi connectivity index (χ2v) is 4.23. The standard InChI is InChI=1S/C11H19/c1-2-9-8-11(9)10-6-4-3-5-7-10/h9,11H,2-8H2,1H3. The molecule has 2 unspecified atom stereocenters. The van der Waals surface area contributed by atoms with Crippen molar-refractivity contribution in [1.29, 1.82) is 0 Å². The molecule has 2 saturated carbocycles. The number of hydrogen-bond donors (Lipinski definition) is 0. The Morgan fingerprint density at radius 2 is 1.91 bits per heavy atom. The molecule has 0 nitrogen and oxygen atoms in total. The van der Waals surface area contributed by atoms with Crippen LogP contribution in [0.1, 0.15) is 51.9 Å². The van der Waals surface area contributed by atoms with Crippen LogP contribution in [0.3, 0.4) is 0 Å². The molecule has 0 aromatic rings. The Morgan fingerprint density at radius 1 is 1.18 bits per heavy atom. The normalized spacial score (nSPS) is 39.0. The van der Waals surface area contributed by atoms with Crippen LogP contribution >= 0.6 is 0 Å². The van der Waals surface area contributed by atoms with Gasteiger partial charge in [0.15, 0.2) is 0 Å². The molecule has 11 heavy (non-hydrogen) atoms. The third-order valence-electron chi connectivity index (χ3n) is 3.47. The first-order valence-electron chi connectivity index (χ1n) is 5.26. The molecule has 2 fully saturated rings. The van der Waals surface area contributed by atoms with E-state index >= 15 is 0 Å². The Balaban J connectivity index is 1.77. The average molecular weight is 151 g/mol. The summed E-state index contributed by atoms with van der Waals surface area (Å²) in [4.78, 5) is 0. The fourth-order valence-electron chi connectivity index (χ4n) is 2.58. The summed E-state index contributed by atoms with van der Waals surface area (Å²) in [6, 6.07) is 0. The van der Waals surface area contributed by atoms with Gasteiger partial charge in [0.05, 0.1) is 0 Å². The third kappa shape index (κ3) is 1.60. The molecular weight excluding hydrogens is 132 g/mol. The van der Waals surface area contributed by atoms with E-state index in [2.05, 4.69) is 6.92 Å². The zero-order chi connectivity index (χ0) is 7.68. The predicted octanol–water partition coefficient (Wildman–Crippen LogP) is 3.57. The van der Waals surface area contributed by atoms with Crippen molar-refractivity contribution in [3.63, 3.8) is 0 Å². The minimum Gasteiger partial charge on any atom is -0.0651 e. The molecular formula is C11H19. The van der Waals surface area contributed by atoms with E-state index in [1.165, 1.54) is 44.9 Å². The summed E-state index contributed by atoms with van der Waals surface area (Å²) in [7, 11) is 0. The van der Waals surface area contributed by atoms with Crippen LogP contribution in [0.15, 0.2) is 0 Å². The SMILES string of the molecule is CCC1CC1[C]1CCCCC1. The quantitative estimate of drug-likeness (QED) is 0.566. The lowest BCUT2D eigenvalue weighted by atomic mass is 9.85. The van der Waals surface area contributed by atoms with Gasteiger partial charge in [0.2, 0.25) is 0 Å². The van der Waals surface area contributed by atoms with E-state index in [0.717, 1.165) is 11.8 Å². The van der Waals surface area contributed by atoms with Crippen LogP contribution in [-0.2, 0) is 0 Å². The lowest BCUT2D eigenvalue weighted by molar-refractivity contribution is 0.480. The van der Waals surface area contributed by atoms with E-state index in [9.17, 15) is 0 Å². The van der Waals surface area contributed by atoms with Gasteiger partial charge in [-0.3, -0.25) is 0 Å². The Hall–Kier alpha value is 0. The van der Waals surface area contributed by atoms with Gasteiger partial charge < -0.3 is 0 Å². The molecule has 0 saturated heterocycles. The van der Waals surface area contributed by atoms with E-state index in [4.69, 9.17) is 0 Å². The molecule has 0 N–H and O–H groups in total. The summed E-state index contributed by atoms with van der Waals surface area (Å²) in [6.07, 6.45) is 10.4. The predicted molar refractivity (Wildman–Crippen MR) is 48.2 cm³/mol. The summed E-state index contributed by atoms with van der Waals surface area (Å²) in [5.41, 5.74) is 0.